The second-order valence-electron chi connectivity index (χ2n) is 5.37. The zero-order chi connectivity index (χ0) is 14.7. The van der Waals surface area contributed by atoms with Crippen molar-refractivity contribution in [3.8, 4) is 0 Å². The largest absolute Gasteiger partial charge is 0.368 e. The lowest BCUT2D eigenvalue weighted by atomic mass is 10.2. The van der Waals surface area contributed by atoms with Crippen LogP contribution in [0.2, 0.25) is 0 Å². The molecule has 2 heterocycles. The third-order valence-corrected chi connectivity index (χ3v) is 4.98. The molecule has 5 heteroatoms. The Morgan fingerprint density at radius 1 is 1.10 bits per heavy atom. The molecule has 1 saturated heterocycles. The summed E-state index contributed by atoms with van der Waals surface area (Å²) in [5, 5.41) is 6.56. The van der Waals surface area contributed by atoms with Gasteiger partial charge in [-0.2, -0.15) is 0 Å². The maximum atomic E-state index is 4.77. The second kappa shape index (κ2) is 6.45. The van der Waals surface area contributed by atoms with Gasteiger partial charge in [0, 0.05) is 43.3 Å². The average Bonchev–Trinajstić information content (AvgIpc) is 3.05. The molecule has 0 amide bonds. The van der Waals surface area contributed by atoms with Gasteiger partial charge < -0.3 is 15.1 Å². The Bertz CT molecular complexity index is 561. The molecule has 0 aliphatic carbocycles. The van der Waals surface area contributed by atoms with Gasteiger partial charge in [0.05, 0.1) is 5.69 Å². The Morgan fingerprint density at radius 3 is 2.43 bits per heavy atom. The molecule has 1 N–H and O–H groups in total. The third kappa shape index (κ3) is 3.19. The summed E-state index contributed by atoms with van der Waals surface area (Å²) >= 11 is 1.75. The van der Waals surface area contributed by atoms with Crippen molar-refractivity contribution in [1.82, 2.24) is 10.3 Å². The minimum atomic E-state index is 0.320. The molecule has 1 aliphatic rings. The number of thiazole rings is 1. The van der Waals surface area contributed by atoms with Gasteiger partial charge >= 0.3 is 0 Å². The average molecular weight is 302 g/mol. The summed E-state index contributed by atoms with van der Waals surface area (Å²) < 4.78 is 0. The summed E-state index contributed by atoms with van der Waals surface area (Å²) in [4.78, 5) is 9.61. The number of para-hydroxylation sites is 1. The zero-order valence-electron chi connectivity index (χ0n) is 12.6. The van der Waals surface area contributed by atoms with Gasteiger partial charge in [-0.1, -0.05) is 18.2 Å². The van der Waals surface area contributed by atoms with Crippen LogP contribution in [0.3, 0.4) is 0 Å². The molecule has 1 unspecified atom stereocenters. The second-order valence-corrected chi connectivity index (χ2v) is 6.21. The van der Waals surface area contributed by atoms with Crippen molar-refractivity contribution in [1.29, 1.82) is 0 Å². The summed E-state index contributed by atoms with van der Waals surface area (Å²) in [5.74, 6) is 0. The van der Waals surface area contributed by atoms with Gasteiger partial charge in [-0.3, -0.25) is 0 Å². The Hall–Kier alpha value is -1.59. The maximum absolute atomic E-state index is 4.77. The molecule has 0 bridgehead atoms. The number of benzene rings is 1. The Balaban J connectivity index is 1.62. The number of rotatable bonds is 4. The van der Waals surface area contributed by atoms with Crippen molar-refractivity contribution < 1.29 is 0 Å². The van der Waals surface area contributed by atoms with Crippen molar-refractivity contribution in [2.24, 2.45) is 0 Å². The van der Waals surface area contributed by atoms with Crippen molar-refractivity contribution in [3.05, 3.63) is 41.4 Å². The molecule has 21 heavy (non-hydrogen) atoms. The number of piperazine rings is 1. The van der Waals surface area contributed by atoms with Crippen molar-refractivity contribution >= 4 is 22.2 Å². The van der Waals surface area contributed by atoms with Crippen LogP contribution >= 0.6 is 11.3 Å². The zero-order valence-corrected chi connectivity index (χ0v) is 13.4. The van der Waals surface area contributed by atoms with Crippen LogP contribution in [0.5, 0.6) is 0 Å². The molecule has 1 aromatic heterocycles. The number of hydrogen-bond acceptors (Lipinski definition) is 5. The van der Waals surface area contributed by atoms with Crippen molar-refractivity contribution in [3.63, 3.8) is 0 Å². The van der Waals surface area contributed by atoms with E-state index in [0.717, 1.165) is 37.0 Å². The van der Waals surface area contributed by atoms with Crippen molar-refractivity contribution in [2.45, 2.75) is 13.0 Å². The summed E-state index contributed by atoms with van der Waals surface area (Å²) in [6.45, 7) is 6.33. The standard InChI is InChI=1S/C16H22N4S/c1-13(17-2)15-12-21-16(18-15)20-10-8-19(9-11-20)14-6-4-3-5-7-14/h3-7,12-13,17H,8-11H2,1-2H3. The normalized spacial score (nSPS) is 17.0. The molecule has 3 rings (SSSR count). The molecule has 1 fully saturated rings. The lowest BCUT2D eigenvalue weighted by Gasteiger charge is -2.36. The van der Waals surface area contributed by atoms with E-state index in [4.69, 9.17) is 4.98 Å². The van der Waals surface area contributed by atoms with E-state index in [0.29, 0.717) is 6.04 Å². The molecule has 1 aromatic carbocycles. The highest BCUT2D eigenvalue weighted by Crippen LogP contribution is 2.26. The van der Waals surface area contributed by atoms with Crippen LogP contribution < -0.4 is 15.1 Å². The fourth-order valence-corrected chi connectivity index (χ4v) is 3.54. The first-order valence-electron chi connectivity index (χ1n) is 7.45. The lowest BCUT2D eigenvalue weighted by molar-refractivity contribution is 0.627. The fraction of sp³-hybridized carbons (Fsp3) is 0.438. The van der Waals surface area contributed by atoms with Crippen LogP contribution in [0.15, 0.2) is 35.7 Å². The molecule has 112 valence electrons. The van der Waals surface area contributed by atoms with Gasteiger partial charge in [0.2, 0.25) is 0 Å². The predicted octanol–water partition coefficient (Wildman–Crippen LogP) is 2.75. The van der Waals surface area contributed by atoms with Crippen molar-refractivity contribution in [2.75, 3.05) is 43.0 Å². The third-order valence-electron chi connectivity index (χ3n) is 4.06. The first kappa shape index (κ1) is 14.4. The van der Waals surface area contributed by atoms with Crippen LogP contribution in [-0.2, 0) is 0 Å². The first-order chi connectivity index (χ1) is 10.3. The molecular formula is C16H22N4S. The fourth-order valence-electron chi connectivity index (χ4n) is 2.56. The molecule has 0 radical (unpaired) electrons. The number of nitrogens with one attached hydrogen (secondary N) is 1. The highest BCUT2D eigenvalue weighted by atomic mass is 32.1. The number of aromatic nitrogens is 1. The highest BCUT2D eigenvalue weighted by Gasteiger charge is 2.20. The molecule has 4 nitrogen and oxygen atoms in total. The van der Waals surface area contributed by atoms with Gasteiger partial charge in [0.15, 0.2) is 5.13 Å². The van der Waals surface area contributed by atoms with E-state index in [9.17, 15) is 0 Å². The Labute approximate surface area is 130 Å². The van der Waals surface area contributed by atoms with E-state index in [-0.39, 0.29) is 0 Å². The molecule has 1 atom stereocenters. The molecule has 0 saturated carbocycles. The SMILES string of the molecule is CNC(C)c1csc(N2CCN(c3ccccc3)CC2)n1. The summed E-state index contributed by atoms with van der Waals surface area (Å²) in [6.07, 6.45) is 0. The molecular weight excluding hydrogens is 280 g/mol. The van der Waals surface area contributed by atoms with E-state index >= 15 is 0 Å². The van der Waals surface area contributed by atoms with Crippen LogP contribution in [-0.4, -0.2) is 38.2 Å². The summed E-state index contributed by atoms with van der Waals surface area (Å²) in [5.41, 5.74) is 2.46. The molecule has 1 aliphatic heterocycles. The molecule has 2 aromatic rings. The van der Waals surface area contributed by atoms with E-state index in [1.807, 2.05) is 7.05 Å². The highest BCUT2D eigenvalue weighted by molar-refractivity contribution is 7.13. The van der Waals surface area contributed by atoms with Gasteiger partial charge in [-0.25, -0.2) is 4.98 Å². The van der Waals surface area contributed by atoms with E-state index < -0.39 is 0 Å². The van der Waals surface area contributed by atoms with Crippen LogP contribution in [0.1, 0.15) is 18.7 Å². The number of nitrogens with zero attached hydrogens (tertiary/aromatic N) is 3. The monoisotopic (exact) mass is 302 g/mol. The lowest BCUT2D eigenvalue weighted by Crippen LogP contribution is -2.46. The molecule has 0 spiro atoms. The quantitative estimate of drug-likeness (QED) is 0.941. The van der Waals surface area contributed by atoms with Crippen LogP contribution in [0.25, 0.3) is 0 Å². The topological polar surface area (TPSA) is 31.4 Å². The summed E-state index contributed by atoms with van der Waals surface area (Å²) in [6, 6.07) is 11.0. The van der Waals surface area contributed by atoms with E-state index in [2.05, 4.69) is 57.8 Å². The number of anilines is 2. The van der Waals surface area contributed by atoms with Crippen LogP contribution in [0.4, 0.5) is 10.8 Å². The van der Waals surface area contributed by atoms with Gasteiger partial charge in [0.1, 0.15) is 0 Å². The minimum absolute atomic E-state index is 0.320. The smallest absolute Gasteiger partial charge is 0.185 e. The minimum Gasteiger partial charge on any atom is -0.368 e. The van der Waals surface area contributed by atoms with Gasteiger partial charge in [-0.15, -0.1) is 11.3 Å². The van der Waals surface area contributed by atoms with Gasteiger partial charge in [0.25, 0.3) is 0 Å². The van der Waals surface area contributed by atoms with Crippen LogP contribution in [0, 0.1) is 0 Å². The Kier molecular flexibility index (Phi) is 4.41. The Morgan fingerprint density at radius 2 is 1.76 bits per heavy atom. The summed E-state index contributed by atoms with van der Waals surface area (Å²) in [7, 11) is 1.97. The number of hydrogen-bond donors (Lipinski definition) is 1. The van der Waals surface area contributed by atoms with E-state index in [1.54, 1.807) is 11.3 Å². The van der Waals surface area contributed by atoms with Gasteiger partial charge in [-0.05, 0) is 26.1 Å². The van der Waals surface area contributed by atoms with E-state index in [1.165, 1.54) is 5.69 Å². The maximum Gasteiger partial charge on any atom is 0.185 e. The first-order valence-corrected chi connectivity index (χ1v) is 8.33. The predicted molar refractivity (Wildman–Crippen MR) is 90.5 cm³/mol.